The molecule has 1 amide bonds. The third-order valence-corrected chi connectivity index (χ3v) is 5.37. The highest BCUT2D eigenvalue weighted by Gasteiger charge is 2.20. The number of benzene rings is 3. The molecule has 0 aliphatic carbocycles. The van der Waals surface area contributed by atoms with Gasteiger partial charge in [0.15, 0.2) is 5.82 Å². The highest BCUT2D eigenvalue weighted by Crippen LogP contribution is 2.25. The van der Waals surface area contributed by atoms with Crippen LogP contribution in [0.5, 0.6) is 5.75 Å². The minimum atomic E-state index is -0.382. The van der Waals surface area contributed by atoms with Crippen LogP contribution in [0.2, 0.25) is 0 Å². The number of hydrogen-bond acceptors (Lipinski definition) is 4. The predicted molar refractivity (Wildman–Crippen MR) is 125 cm³/mol. The zero-order valence-corrected chi connectivity index (χ0v) is 19.0. The number of nitrogens with zero attached hydrogens (tertiary/aromatic N) is 3. The van der Waals surface area contributed by atoms with Crippen molar-refractivity contribution >= 4 is 27.5 Å². The van der Waals surface area contributed by atoms with Crippen molar-refractivity contribution in [3.63, 3.8) is 0 Å². The summed E-state index contributed by atoms with van der Waals surface area (Å²) in [5.41, 5.74) is 4.58. The fourth-order valence-electron chi connectivity index (χ4n) is 3.27. The van der Waals surface area contributed by atoms with Gasteiger partial charge in [-0.3, -0.25) is 4.79 Å². The van der Waals surface area contributed by atoms with Crippen LogP contribution in [0.15, 0.2) is 71.2 Å². The van der Waals surface area contributed by atoms with E-state index in [2.05, 4.69) is 37.4 Å². The fourth-order valence-corrected chi connectivity index (χ4v) is 3.53. The molecule has 156 valence electrons. The average Bonchev–Trinajstić information content (AvgIpc) is 3.20. The number of nitrogens with one attached hydrogen (secondary N) is 1. The van der Waals surface area contributed by atoms with E-state index in [1.54, 1.807) is 36.1 Å². The number of hydrogen-bond donors (Lipinski definition) is 1. The molecular formula is C24H21BrN4O2. The van der Waals surface area contributed by atoms with Crippen molar-refractivity contribution < 1.29 is 9.53 Å². The summed E-state index contributed by atoms with van der Waals surface area (Å²) in [6, 6.07) is 21.0. The minimum Gasteiger partial charge on any atom is -0.497 e. The molecule has 31 heavy (non-hydrogen) atoms. The lowest BCUT2D eigenvalue weighted by molar-refractivity contribution is 0.101. The number of ether oxygens (including phenoxy) is 1. The Balaban J connectivity index is 1.74. The molecule has 0 aliphatic heterocycles. The molecule has 0 bridgehead atoms. The summed E-state index contributed by atoms with van der Waals surface area (Å²) in [4.78, 5) is 17.5. The smallest absolute Gasteiger partial charge is 0.295 e. The molecule has 4 aromatic rings. The van der Waals surface area contributed by atoms with Gasteiger partial charge in [-0.2, -0.15) is 0 Å². The van der Waals surface area contributed by atoms with Gasteiger partial charge < -0.3 is 10.1 Å². The molecule has 0 saturated carbocycles. The Morgan fingerprint density at radius 2 is 1.71 bits per heavy atom. The molecule has 0 aliphatic rings. The summed E-state index contributed by atoms with van der Waals surface area (Å²) in [7, 11) is 1.60. The van der Waals surface area contributed by atoms with Crippen molar-refractivity contribution in [3.8, 4) is 22.8 Å². The molecule has 3 aromatic carbocycles. The zero-order valence-electron chi connectivity index (χ0n) is 17.4. The molecule has 0 saturated heterocycles. The van der Waals surface area contributed by atoms with Gasteiger partial charge in [0.25, 0.3) is 5.91 Å². The highest BCUT2D eigenvalue weighted by atomic mass is 79.9. The molecular weight excluding hydrogens is 456 g/mol. The number of halogens is 1. The lowest BCUT2D eigenvalue weighted by atomic mass is 10.1. The molecule has 4 rings (SSSR count). The number of amides is 1. The first-order valence-corrected chi connectivity index (χ1v) is 10.5. The van der Waals surface area contributed by atoms with Crippen LogP contribution in [0.3, 0.4) is 0 Å². The summed E-state index contributed by atoms with van der Waals surface area (Å²) < 4.78 is 7.85. The van der Waals surface area contributed by atoms with Crippen molar-refractivity contribution in [1.82, 2.24) is 14.8 Å². The van der Waals surface area contributed by atoms with E-state index in [9.17, 15) is 4.79 Å². The summed E-state index contributed by atoms with van der Waals surface area (Å²) in [6.07, 6.45) is 0. The molecule has 0 atom stereocenters. The fraction of sp³-hybridized carbons (Fsp3) is 0.125. The SMILES string of the molecule is COc1ccc(NC(=O)c2nc(-c3ccc(Br)cc3)n(-c3ccc(C)cc3C)n2)cc1. The molecule has 6 nitrogen and oxygen atoms in total. The molecule has 1 N–H and O–H groups in total. The maximum Gasteiger partial charge on any atom is 0.295 e. The Kier molecular flexibility index (Phi) is 5.86. The third-order valence-electron chi connectivity index (χ3n) is 4.84. The highest BCUT2D eigenvalue weighted by molar-refractivity contribution is 9.10. The van der Waals surface area contributed by atoms with Crippen LogP contribution in [0.4, 0.5) is 5.69 Å². The van der Waals surface area contributed by atoms with Crippen LogP contribution in [0.1, 0.15) is 21.7 Å². The molecule has 1 aromatic heterocycles. The van der Waals surface area contributed by atoms with E-state index in [0.717, 1.165) is 26.9 Å². The number of rotatable bonds is 5. The molecule has 1 heterocycles. The van der Waals surface area contributed by atoms with E-state index in [1.807, 2.05) is 50.2 Å². The Hall–Kier alpha value is -3.45. The van der Waals surface area contributed by atoms with Crippen LogP contribution >= 0.6 is 15.9 Å². The third kappa shape index (κ3) is 4.51. The van der Waals surface area contributed by atoms with E-state index >= 15 is 0 Å². The Morgan fingerprint density at radius 1 is 1.00 bits per heavy atom. The molecule has 0 spiro atoms. The molecule has 0 radical (unpaired) electrons. The second-order valence-corrected chi connectivity index (χ2v) is 8.07. The number of aryl methyl sites for hydroxylation is 2. The number of methoxy groups -OCH3 is 1. The first kappa shape index (κ1) is 20.8. The Labute approximate surface area is 189 Å². The van der Waals surface area contributed by atoms with Crippen molar-refractivity contribution in [1.29, 1.82) is 0 Å². The van der Waals surface area contributed by atoms with Crippen LogP contribution in [-0.4, -0.2) is 27.8 Å². The van der Waals surface area contributed by atoms with Crippen molar-refractivity contribution in [3.05, 3.63) is 88.2 Å². The average molecular weight is 477 g/mol. The molecule has 0 fully saturated rings. The zero-order chi connectivity index (χ0) is 22.0. The van der Waals surface area contributed by atoms with Crippen LogP contribution < -0.4 is 10.1 Å². The van der Waals surface area contributed by atoms with E-state index in [0.29, 0.717) is 17.3 Å². The summed E-state index contributed by atoms with van der Waals surface area (Å²) in [5, 5.41) is 7.40. The first-order valence-electron chi connectivity index (χ1n) is 9.70. The number of carbonyl (C=O) groups is 1. The summed E-state index contributed by atoms with van der Waals surface area (Å²) in [5.74, 6) is 1.02. The Morgan fingerprint density at radius 3 is 2.35 bits per heavy atom. The van der Waals surface area contributed by atoms with Gasteiger partial charge in [-0.25, -0.2) is 9.67 Å². The first-order chi connectivity index (χ1) is 14.9. The minimum absolute atomic E-state index is 0.0914. The second kappa shape index (κ2) is 8.73. The van der Waals surface area contributed by atoms with E-state index in [-0.39, 0.29) is 11.7 Å². The topological polar surface area (TPSA) is 69.0 Å². The van der Waals surface area contributed by atoms with Crippen LogP contribution in [0, 0.1) is 13.8 Å². The maximum absolute atomic E-state index is 12.9. The number of anilines is 1. The lowest BCUT2D eigenvalue weighted by Crippen LogP contribution is -2.14. The monoisotopic (exact) mass is 476 g/mol. The van der Waals surface area contributed by atoms with Gasteiger partial charge >= 0.3 is 0 Å². The van der Waals surface area contributed by atoms with Crippen LogP contribution in [-0.2, 0) is 0 Å². The predicted octanol–water partition coefficient (Wildman–Crippen LogP) is 5.57. The normalized spacial score (nSPS) is 10.7. The lowest BCUT2D eigenvalue weighted by Gasteiger charge is -2.10. The van der Waals surface area contributed by atoms with Gasteiger partial charge in [-0.1, -0.05) is 45.8 Å². The number of aromatic nitrogens is 3. The second-order valence-electron chi connectivity index (χ2n) is 7.15. The van der Waals surface area contributed by atoms with Crippen molar-refractivity contribution in [2.75, 3.05) is 12.4 Å². The molecule has 0 unspecified atom stereocenters. The van der Waals surface area contributed by atoms with Gasteiger partial charge in [-0.05, 0) is 61.9 Å². The quantitative estimate of drug-likeness (QED) is 0.408. The van der Waals surface area contributed by atoms with E-state index in [4.69, 9.17) is 4.74 Å². The van der Waals surface area contributed by atoms with Crippen molar-refractivity contribution in [2.45, 2.75) is 13.8 Å². The van der Waals surface area contributed by atoms with Gasteiger partial charge in [0.1, 0.15) is 5.75 Å². The summed E-state index contributed by atoms with van der Waals surface area (Å²) in [6.45, 7) is 4.06. The Bertz CT molecular complexity index is 1230. The number of carbonyl (C=O) groups excluding carboxylic acids is 1. The largest absolute Gasteiger partial charge is 0.497 e. The molecule has 7 heteroatoms. The van der Waals surface area contributed by atoms with E-state index < -0.39 is 0 Å². The van der Waals surface area contributed by atoms with Crippen molar-refractivity contribution in [2.24, 2.45) is 0 Å². The van der Waals surface area contributed by atoms with Crippen LogP contribution in [0.25, 0.3) is 17.1 Å². The maximum atomic E-state index is 12.9. The van der Waals surface area contributed by atoms with Gasteiger partial charge in [0.2, 0.25) is 5.82 Å². The van der Waals surface area contributed by atoms with E-state index in [1.165, 1.54) is 0 Å². The van der Waals surface area contributed by atoms with Gasteiger partial charge in [0.05, 0.1) is 12.8 Å². The van der Waals surface area contributed by atoms with Gasteiger partial charge in [-0.15, -0.1) is 5.10 Å². The standard InChI is InChI=1S/C24H21BrN4O2/c1-15-4-13-21(16(2)14-15)29-23(17-5-7-18(25)8-6-17)27-22(28-29)24(30)26-19-9-11-20(31-3)12-10-19/h4-14H,1-3H3,(H,26,30). The summed E-state index contributed by atoms with van der Waals surface area (Å²) >= 11 is 3.46. The van der Waals surface area contributed by atoms with Gasteiger partial charge in [0, 0.05) is 15.7 Å².